The van der Waals surface area contributed by atoms with Gasteiger partial charge in [0.1, 0.15) is 5.75 Å². The average molecular weight is 348 g/mol. The molecule has 2 amide bonds. The Morgan fingerprint density at radius 2 is 1.44 bits per heavy atom. The normalized spacial score (nSPS) is 14.2. The van der Waals surface area contributed by atoms with Gasteiger partial charge in [0, 0.05) is 32.6 Å². The molecule has 0 saturated carbocycles. The van der Waals surface area contributed by atoms with Crippen LogP contribution in [0.25, 0.3) is 0 Å². The summed E-state index contributed by atoms with van der Waals surface area (Å²) in [6, 6.07) is 7.42. The number of carbonyl (C=O) groups is 3. The first-order chi connectivity index (χ1) is 12.0. The number of hydrogen-bond donors (Lipinski definition) is 0. The number of ether oxygens (including phenoxy) is 2. The van der Waals surface area contributed by atoms with Crippen LogP contribution in [0.3, 0.4) is 0 Å². The lowest BCUT2D eigenvalue weighted by atomic mass is 10.1. The molecule has 2 rings (SSSR count). The number of amides is 2. The van der Waals surface area contributed by atoms with E-state index in [1.165, 1.54) is 7.11 Å². The first-order valence-corrected chi connectivity index (χ1v) is 8.28. The van der Waals surface area contributed by atoms with Gasteiger partial charge in [-0.25, -0.2) is 0 Å². The minimum atomic E-state index is -0.387. The fourth-order valence-electron chi connectivity index (χ4n) is 2.70. The second kappa shape index (κ2) is 9.05. The van der Waals surface area contributed by atoms with Crippen LogP contribution in [0.1, 0.15) is 18.4 Å². The Morgan fingerprint density at radius 3 is 1.96 bits per heavy atom. The third kappa shape index (κ3) is 5.48. The fraction of sp³-hybridized carbons (Fsp3) is 0.500. The monoisotopic (exact) mass is 348 g/mol. The van der Waals surface area contributed by atoms with Crippen molar-refractivity contribution in [3.63, 3.8) is 0 Å². The predicted octanol–water partition coefficient (Wildman–Crippen LogP) is 0.862. The molecule has 0 radical (unpaired) electrons. The van der Waals surface area contributed by atoms with E-state index in [4.69, 9.17) is 4.74 Å². The van der Waals surface area contributed by atoms with Gasteiger partial charge < -0.3 is 19.3 Å². The van der Waals surface area contributed by atoms with E-state index in [1.807, 2.05) is 24.3 Å². The Bertz CT molecular complexity index is 606. The lowest BCUT2D eigenvalue weighted by molar-refractivity contribution is -0.144. The van der Waals surface area contributed by atoms with Crippen LogP contribution in [0.4, 0.5) is 0 Å². The van der Waals surface area contributed by atoms with Gasteiger partial charge in [0.2, 0.25) is 11.8 Å². The lowest BCUT2D eigenvalue weighted by Gasteiger charge is -2.35. The second-order valence-electron chi connectivity index (χ2n) is 5.86. The summed E-state index contributed by atoms with van der Waals surface area (Å²) in [5.41, 5.74) is 0.933. The number of piperazine rings is 1. The van der Waals surface area contributed by atoms with Crippen LogP contribution in [-0.4, -0.2) is 68.0 Å². The summed E-state index contributed by atoms with van der Waals surface area (Å²) in [4.78, 5) is 39.0. The zero-order chi connectivity index (χ0) is 18.2. The Morgan fingerprint density at radius 1 is 0.880 bits per heavy atom. The number of hydrogen-bond acceptors (Lipinski definition) is 5. The molecular weight excluding hydrogens is 324 g/mol. The molecule has 1 heterocycles. The van der Waals surface area contributed by atoms with Crippen molar-refractivity contribution in [2.24, 2.45) is 0 Å². The van der Waals surface area contributed by atoms with E-state index in [0.717, 1.165) is 11.3 Å². The van der Waals surface area contributed by atoms with Gasteiger partial charge in [-0.05, 0) is 17.7 Å². The molecule has 0 bridgehead atoms. The highest BCUT2D eigenvalue weighted by molar-refractivity contribution is 5.82. The summed E-state index contributed by atoms with van der Waals surface area (Å²) >= 11 is 0. The molecule has 7 heteroatoms. The van der Waals surface area contributed by atoms with Gasteiger partial charge in [-0.2, -0.15) is 0 Å². The maximum atomic E-state index is 12.4. The topological polar surface area (TPSA) is 76.2 Å². The molecule has 7 nitrogen and oxygen atoms in total. The molecule has 1 aromatic rings. The van der Waals surface area contributed by atoms with Crippen molar-refractivity contribution in [2.45, 2.75) is 19.3 Å². The number of methoxy groups -OCH3 is 2. The molecule has 1 aliphatic heterocycles. The van der Waals surface area contributed by atoms with E-state index < -0.39 is 0 Å². The first-order valence-electron chi connectivity index (χ1n) is 8.28. The third-order valence-electron chi connectivity index (χ3n) is 4.27. The number of carbonyl (C=O) groups excluding carboxylic acids is 3. The Hall–Kier alpha value is -2.57. The van der Waals surface area contributed by atoms with Crippen LogP contribution in [-0.2, 0) is 25.5 Å². The molecule has 1 saturated heterocycles. The van der Waals surface area contributed by atoms with Gasteiger partial charge >= 0.3 is 5.97 Å². The number of rotatable bonds is 6. The maximum absolute atomic E-state index is 12.4. The summed E-state index contributed by atoms with van der Waals surface area (Å²) < 4.78 is 9.64. The molecule has 0 N–H and O–H groups in total. The fourth-order valence-corrected chi connectivity index (χ4v) is 2.70. The van der Waals surface area contributed by atoms with Gasteiger partial charge in [0.15, 0.2) is 0 Å². The lowest BCUT2D eigenvalue weighted by Crippen LogP contribution is -2.51. The smallest absolute Gasteiger partial charge is 0.306 e. The number of esters is 1. The molecule has 1 aliphatic rings. The summed E-state index contributed by atoms with van der Waals surface area (Å²) in [5.74, 6) is 0.344. The van der Waals surface area contributed by atoms with Crippen LogP contribution in [0.2, 0.25) is 0 Å². The first kappa shape index (κ1) is 18.8. The van der Waals surface area contributed by atoms with Gasteiger partial charge in [-0.3, -0.25) is 14.4 Å². The highest BCUT2D eigenvalue weighted by Crippen LogP contribution is 2.13. The molecule has 0 atom stereocenters. The van der Waals surface area contributed by atoms with Crippen LogP contribution >= 0.6 is 0 Å². The van der Waals surface area contributed by atoms with Crippen molar-refractivity contribution in [3.05, 3.63) is 29.8 Å². The second-order valence-corrected chi connectivity index (χ2v) is 5.86. The molecule has 1 fully saturated rings. The van der Waals surface area contributed by atoms with E-state index in [1.54, 1.807) is 16.9 Å². The molecule has 136 valence electrons. The molecular formula is C18H24N2O5. The summed E-state index contributed by atoms with van der Waals surface area (Å²) in [7, 11) is 2.91. The Labute approximate surface area is 147 Å². The molecule has 0 unspecified atom stereocenters. The van der Waals surface area contributed by atoms with Crippen LogP contribution in [0.15, 0.2) is 24.3 Å². The molecule has 0 aromatic heterocycles. The van der Waals surface area contributed by atoms with Crippen molar-refractivity contribution < 1.29 is 23.9 Å². The Balaban J connectivity index is 1.77. The zero-order valence-electron chi connectivity index (χ0n) is 14.7. The highest BCUT2D eigenvalue weighted by atomic mass is 16.5. The van der Waals surface area contributed by atoms with E-state index >= 15 is 0 Å². The minimum absolute atomic E-state index is 0.0480. The quantitative estimate of drug-likeness (QED) is 0.713. The molecule has 1 aromatic carbocycles. The SMILES string of the molecule is COC(=O)CCC(=O)N1CCN(C(=O)Cc2ccc(OC)cc2)CC1. The minimum Gasteiger partial charge on any atom is -0.497 e. The standard InChI is InChI=1S/C18H24N2O5/c1-24-15-5-3-14(4-6-15)13-17(22)20-11-9-19(10-12-20)16(21)7-8-18(23)25-2/h3-6H,7-13H2,1-2H3. The van der Waals surface area contributed by atoms with Crippen LogP contribution in [0, 0.1) is 0 Å². The van der Waals surface area contributed by atoms with Gasteiger partial charge in [-0.1, -0.05) is 12.1 Å². The third-order valence-corrected chi connectivity index (χ3v) is 4.27. The van der Waals surface area contributed by atoms with Gasteiger partial charge in [-0.15, -0.1) is 0 Å². The van der Waals surface area contributed by atoms with Crippen molar-refractivity contribution in [3.8, 4) is 5.75 Å². The number of benzene rings is 1. The van der Waals surface area contributed by atoms with Crippen molar-refractivity contribution in [1.29, 1.82) is 0 Å². The van der Waals surface area contributed by atoms with Crippen molar-refractivity contribution >= 4 is 17.8 Å². The molecule has 0 aliphatic carbocycles. The number of nitrogens with zero attached hydrogens (tertiary/aromatic N) is 2. The zero-order valence-corrected chi connectivity index (χ0v) is 14.7. The Kier molecular flexibility index (Phi) is 6.80. The molecule has 25 heavy (non-hydrogen) atoms. The van der Waals surface area contributed by atoms with Crippen LogP contribution < -0.4 is 4.74 Å². The van der Waals surface area contributed by atoms with E-state index in [2.05, 4.69) is 4.74 Å². The van der Waals surface area contributed by atoms with E-state index in [0.29, 0.717) is 32.6 Å². The predicted molar refractivity (Wildman–Crippen MR) is 91.1 cm³/mol. The van der Waals surface area contributed by atoms with Crippen molar-refractivity contribution in [2.75, 3.05) is 40.4 Å². The summed E-state index contributed by atoms with van der Waals surface area (Å²) in [6.45, 7) is 2.01. The largest absolute Gasteiger partial charge is 0.497 e. The maximum Gasteiger partial charge on any atom is 0.306 e. The highest BCUT2D eigenvalue weighted by Gasteiger charge is 2.24. The van der Waals surface area contributed by atoms with Gasteiger partial charge in [0.05, 0.1) is 27.1 Å². The summed E-state index contributed by atoms with van der Waals surface area (Å²) in [6.07, 6.45) is 0.568. The average Bonchev–Trinajstić information content (AvgIpc) is 2.66. The summed E-state index contributed by atoms with van der Waals surface area (Å²) in [5, 5.41) is 0. The van der Waals surface area contributed by atoms with E-state index in [-0.39, 0.29) is 30.6 Å². The van der Waals surface area contributed by atoms with Gasteiger partial charge in [0.25, 0.3) is 0 Å². The van der Waals surface area contributed by atoms with E-state index in [9.17, 15) is 14.4 Å². The molecule has 0 spiro atoms. The van der Waals surface area contributed by atoms with Crippen LogP contribution in [0.5, 0.6) is 5.75 Å². The van der Waals surface area contributed by atoms with Crippen molar-refractivity contribution in [1.82, 2.24) is 9.80 Å².